The first-order chi connectivity index (χ1) is 10.6. The Balaban J connectivity index is 2.35. The lowest BCUT2D eigenvalue weighted by Crippen LogP contribution is -2.46. The molecule has 0 bridgehead atoms. The zero-order valence-electron chi connectivity index (χ0n) is 12.7. The highest BCUT2D eigenvalue weighted by Crippen LogP contribution is 2.18. The van der Waals surface area contributed by atoms with Crippen LogP contribution in [0.2, 0.25) is 0 Å². The van der Waals surface area contributed by atoms with Gasteiger partial charge in [-0.25, -0.2) is 4.79 Å². The number of carbonyl (C=O) groups excluding carboxylic acids is 2. The summed E-state index contributed by atoms with van der Waals surface area (Å²) in [6, 6.07) is 17.1. The Hall–Kier alpha value is -2.62. The molecule has 0 aliphatic heterocycles. The van der Waals surface area contributed by atoms with Crippen LogP contribution in [0, 0.1) is 0 Å². The summed E-state index contributed by atoms with van der Waals surface area (Å²) in [7, 11) is 1.72. The van der Waals surface area contributed by atoms with Crippen LogP contribution in [0.25, 0.3) is 0 Å². The number of benzene rings is 2. The SMILES string of the molecule is CCOC(=O)C(C(=O)c1ccccc1)N(C)c1ccccc1. The van der Waals surface area contributed by atoms with Gasteiger partial charge in [-0.3, -0.25) is 4.79 Å². The van der Waals surface area contributed by atoms with E-state index in [1.54, 1.807) is 43.1 Å². The van der Waals surface area contributed by atoms with Gasteiger partial charge in [0.1, 0.15) is 0 Å². The fourth-order valence-electron chi connectivity index (χ4n) is 2.23. The van der Waals surface area contributed by atoms with E-state index in [-0.39, 0.29) is 12.4 Å². The van der Waals surface area contributed by atoms with Crippen LogP contribution >= 0.6 is 0 Å². The second-order valence-electron chi connectivity index (χ2n) is 4.83. The van der Waals surface area contributed by atoms with Crippen LogP contribution < -0.4 is 4.90 Å². The number of hydrogen-bond donors (Lipinski definition) is 0. The molecule has 0 saturated carbocycles. The zero-order chi connectivity index (χ0) is 15.9. The predicted octanol–water partition coefficient (Wildman–Crippen LogP) is 2.94. The number of anilines is 1. The van der Waals surface area contributed by atoms with Crippen molar-refractivity contribution in [2.75, 3.05) is 18.6 Å². The first-order valence-electron chi connectivity index (χ1n) is 7.19. The average molecular weight is 297 g/mol. The number of esters is 1. The van der Waals surface area contributed by atoms with Crippen molar-refractivity contribution >= 4 is 17.4 Å². The summed E-state index contributed by atoms with van der Waals surface area (Å²) in [6.07, 6.45) is 0. The van der Waals surface area contributed by atoms with E-state index in [1.807, 2.05) is 36.4 Å². The summed E-state index contributed by atoms with van der Waals surface area (Å²) in [5.74, 6) is -0.812. The molecule has 0 aliphatic carbocycles. The summed E-state index contributed by atoms with van der Waals surface area (Å²) in [4.78, 5) is 26.7. The molecule has 2 rings (SSSR count). The van der Waals surface area contributed by atoms with Gasteiger partial charge in [-0.1, -0.05) is 48.5 Å². The van der Waals surface area contributed by atoms with Gasteiger partial charge >= 0.3 is 5.97 Å². The smallest absolute Gasteiger partial charge is 0.336 e. The van der Waals surface area contributed by atoms with Crippen molar-refractivity contribution in [2.24, 2.45) is 0 Å². The molecule has 2 aromatic carbocycles. The van der Waals surface area contributed by atoms with Crippen LogP contribution in [0.1, 0.15) is 17.3 Å². The Morgan fingerprint density at radius 1 is 1.00 bits per heavy atom. The lowest BCUT2D eigenvalue weighted by atomic mass is 10.0. The largest absolute Gasteiger partial charge is 0.464 e. The van der Waals surface area contributed by atoms with Gasteiger partial charge in [-0.05, 0) is 19.1 Å². The lowest BCUT2D eigenvalue weighted by molar-refractivity contribution is -0.143. The molecule has 0 N–H and O–H groups in total. The van der Waals surface area contributed by atoms with E-state index in [9.17, 15) is 9.59 Å². The minimum atomic E-state index is -0.996. The van der Waals surface area contributed by atoms with Crippen LogP contribution in [0.3, 0.4) is 0 Å². The van der Waals surface area contributed by atoms with Crippen LogP contribution in [-0.4, -0.2) is 31.4 Å². The molecular formula is C18H19NO3. The van der Waals surface area contributed by atoms with Crippen molar-refractivity contribution in [3.63, 3.8) is 0 Å². The minimum Gasteiger partial charge on any atom is -0.464 e. The minimum absolute atomic E-state index is 0.236. The van der Waals surface area contributed by atoms with Crippen molar-refractivity contribution < 1.29 is 14.3 Å². The lowest BCUT2D eigenvalue weighted by Gasteiger charge is -2.27. The van der Waals surface area contributed by atoms with Gasteiger partial charge in [0.25, 0.3) is 0 Å². The number of nitrogens with zero attached hydrogens (tertiary/aromatic N) is 1. The number of carbonyl (C=O) groups is 2. The first-order valence-corrected chi connectivity index (χ1v) is 7.19. The van der Waals surface area contributed by atoms with E-state index < -0.39 is 12.0 Å². The highest BCUT2D eigenvalue weighted by atomic mass is 16.5. The highest BCUT2D eigenvalue weighted by Gasteiger charge is 2.33. The second-order valence-corrected chi connectivity index (χ2v) is 4.83. The van der Waals surface area contributed by atoms with Crippen LogP contribution in [0.15, 0.2) is 60.7 Å². The number of ether oxygens (including phenoxy) is 1. The van der Waals surface area contributed by atoms with Crippen molar-refractivity contribution in [1.82, 2.24) is 0 Å². The molecule has 0 saturated heterocycles. The molecule has 0 spiro atoms. The highest BCUT2D eigenvalue weighted by molar-refractivity contribution is 6.14. The molecule has 0 amide bonds. The Labute approximate surface area is 130 Å². The van der Waals surface area contributed by atoms with Crippen LogP contribution in [-0.2, 0) is 9.53 Å². The molecule has 4 nitrogen and oxygen atoms in total. The van der Waals surface area contributed by atoms with Gasteiger partial charge in [0.2, 0.25) is 0 Å². The molecule has 0 aromatic heterocycles. The predicted molar refractivity (Wildman–Crippen MR) is 86.0 cm³/mol. The number of likely N-dealkylation sites (N-methyl/N-ethyl adjacent to an activating group) is 1. The third kappa shape index (κ3) is 3.52. The van der Waals surface area contributed by atoms with Gasteiger partial charge in [0.15, 0.2) is 11.8 Å². The molecule has 1 unspecified atom stereocenters. The fourth-order valence-corrected chi connectivity index (χ4v) is 2.23. The number of Topliss-reactive ketones (excluding diaryl/α,β-unsaturated/α-hetero) is 1. The Morgan fingerprint density at radius 2 is 1.55 bits per heavy atom. The summed E-state index contributed by atoms with van der Waals surface area (Å²) >= 11 is 0. The van der Waals surface area contributed by atoms with Crippen molar-refractivity contribution in [3.8, 4) is 0 Å². The maximum absolute atomic E-state index is 12.7. The van der Waals surface area contributed by atoms with Crippen LogP contribution in [0.5, 0.6) is 0 Å². The van der Waals surface area contributed by atoms with E-state index in [2.05, 4.69) is 0 Å². The topological polar surface area (TPSA) is 46.6 Å². The molecule has 114 valence electrons. The molecule has 0 fully saturated rings. The number of rotatable bonds is 6. The normalized spacial score (nSPS) is 11.5. The summed E-state index contributed by atoms with van der Waals surface area (Å²) in [5, 5.41) is 0. The molecule has 22 heavy (non-hydrogen) atoms. The van der Waals surface area contributed by atoms with Gasteiger partial charge in [0, 0.05) is 18.3 Å². The second kappa shape index (κ2) is 7.41. The molecule has 0 radical (unpaired) electrons. The molecule has 2 aromatic rings. The van der Waals surface area contributed by atoms with Crippen molar-refractivity contribution in [3.05, 3.63) is 66.2 Å². The van der Waals surface area contributed by atoms with E-state index in [0.29, 0.717) is 5.56 Å². The third-order valence-corrected chi connectivity index (χ3v) is 3.37. The average Bonchev–Trinajstić information content (AvgIpc) is 2.56. The first kappa shape index (κ1) is 15.8. The monoisotopic (exact) mass is 297 g/mol. The molecule has 0 heterocycles. The standard InChI is InChI=1S/C18H19NO3/c1-3-22-18(21)16(17(20)14-10-6-4-7-11-14)19(2)15-12-8-5-9-13-15/h4-13,16H,3H2,1-2H3. The van der Waals surface area contributed by atoms with E-state index in [4.69, 9.17) is 4.74 Å². The maximum Gasteiger partial charge on any atom is 0.336 e. The Kier molecular flexibility index (Phi) is 5.31. The number of hydrogen-bond acceptors (Lipinski definition) is 4. The zero-order valence-corrected chi connectivity index (χ0v) is 12.7. The summed E-state index contributed by atoms with van der Waals surface area (Å²) in [6.45, 7) is 1.96. The van der Waals surface area contributed by atoms with Gasteiger partial charge in [0.05, 0.1) is 6.61 Å². The van der Waals surface area contributed by atoms with E-state index >= 15 is 0 Å². The molecule has 4 heteroatoms. The third-order valence-electron chi connectivity index (χ3n) is 3.37. The van der Waals surface area contributed by atoms with Gasteiger partial charge < -0.3 is 9.64 Å². The van der Waals surface area contributed by atoms with Crippen molar-refractivity contribution in [1.29, 1.82) is 0 Å². The maximum atomic E-state index is 12.7. The van der Waals surface area contributed by atoms with E-state index in [0.717, 1.165) is 5.69 Å². The summed E-state index contributed by atoms with van der Waals surface area (Å²) in [5.41, 5.74) is 1.27. The fraction of sp³-hybridized carbons (Fsp3) is 0.222. The number of ketones is 1. The van der Waals surface area contributed by atoms with E-state index in [1.165, 1.54) is 0 Å². The van der Waals surface area contributed by atoms with Gasteiger partial charge in [-0.15, -0.1) is 0 Å². The van der Waals surface area contributed by atoms with Crippen LogP contribution in [0.4, 0.5) is 5.69 Å². The van der Waals surface area contributed by atoms with Crippen molar-refractivity contribution in [2.45, 2.75) is 13.0 Å². The molecule has 1 atom stereocenters. The molecular weight excluding hydrogens is 278 g/mol. The Morgan fingerprint density at radius 3 is 2.09 bits per heavy atom. The molecule has 0 aliphatic rings. The number of para-hydroxylation sites is 1. The Bertz CT molecular complexity index is 625. The quantitative estimate of drug-likeness (QED) is 0.467. The van der Waals surface area contributed by atoms with Gasteiger partial charge in [-0.2, -0.15) is 0 Å². The summed E-state index contributed by atoms with van der Waals surface area (Å²) < 4.78 is 5.09.